The van der Waals surface area contributed by atoms with E-state index >= 15 is 0 Å². The van der Waals surface area contributed by atoms with Gasteiger partial charge >= 0.3 is 0 Å². The highest BCUT2D eigenvalue weighted by molar-refractivity contribution is 4.87. The second-order valence-corrected chi connectivity index (χ2v) is 9.17. The fourth-order valence-corrected chi connectivity index (χ4v) is 4.17. The molecule has 2 heteroatoms. The van der Waals surface area contributed by atoms with Gasteiger partial charge in [-0.25, -0.2) is 0 Å². The van der Waals surface area contributed by atoms with E-state index in [2.05, 4.69) is 6.92 Å². The first-order valence-electron chi connectivity index (χ1n) is 12.6. The predicted octanol–water partition coefficient (Wildman–Crippen LogP) is 8.31. The topological polar surface area (TPSA) is 32.8 Å². The third-order valence-electron chi connectivity index (χ3n) is 6.24. The van der Waals surface area contributed by atoms with Crippen molar-refractivity contribution >= 4 is 0 Å². The lowest BCUT2D eigenvalue weighted by Gasteiger charge is -2.04. The zero-order chi connectivity index (χ0) is 19.6. The van der Waals surface area contributed by atoms with Crippen molar-refractivity contribution in [1.29, 1.82) is 0 Å². The maximum absolute atomic E-state index is 9.53. The molecule has 162 valence electrons. The van der Waals surface area contributed by atoms with Gasteiger partial charge in [0.2, 0.25) is 0 Å². The molecule has 0 bridgehead atoms. The molecule has 1 aliphatic rings. The van der Waals surface area contributed by atoms with Gasteiger partial charge in [-0.15, -0.1) is 0 Å². The van der Waals surface area contributed by atoms with Gasteiger partial charge < -0.3 is 9.84 Å². The summed E-state index contributed by atoms with van der Waals surface area (Å²) in [6.45, 7) is 4.07. The van der Waals surface area contributed by atoms with Crippen LogP contribution in [0.2, 0.25) is 0 Å². The molecule has 1 fully saturated rings. The lowest BCUT2D eigenvalue weighted by Crippen LogP contribution is -2.06. The molecule has 0 radical (unpaired) electrons. The van der Waals surface area contributed by atoms with Gasteiger partial charge in [-0.05, 0) is 13.3 Å². The summed E-state index contributed by atoms with van der Waals surface area (Å²) < 4.78 is 5.20. The summed E-state index contributed by atoms with van der Waals surface area (Å²) >= 11 is 0. The lowest BCUT2D eigenvalue weighted by molar-refractivity contribution is 0.0549. The first kappa shape index (κ1) is 25.0. The van der Waals surface area contributed by atoms with Gasteiger partial charge in [0.15, 0.2) is 5.79 Å². The van der Waals surface area contributed by atoms with Crippen molar-refractivity contribution in [2.24, 2.45) is 0 Å². The molecule has 1 aliphatic heterocycles. The van der Waals surface area contributed by atoms with Crippen molar-refractivity contribution in [3.05, 3.63) is 0 Å². The maximum atomic E-state index is 9.53. The van der Waals surface area contributed by atoms with E-state index in [9.17, 15) is 5.11 Å². The molecule has 0 aromatic carbocycles. The number of hydrogen-bond donors (Lipinski definition) is 1. The summed E-state index contributed by atoms with van der Waals surface area (Å²) in [5.74, 6) is -0.798. The molecule has 0 saturated carbocycles. The van der Waals surface area contributed by atoms with Gasteiger partial charge in [-0.1, -0.05) is 135 Å². The molecule has 27 heavy (non-hydrogen) atoms. The predicted molar refractivity (Wildman–Crippen MR) is 118 cm³/mol. The molecule has 0 aromatic heterocycles. The Morgan fingerprint density at radius 2 is 0.815 bits per heavy atom. The molecule has 2 unspecified atom stereocenters. The Bertz CT molecular complexity index is 313. The van der Waals surface area contributed by atoms with Crippen LogP contribution in [-0.2, 0) is 4.74 Å². The molecule has 2 atom stereocenters. The van der Waals surface area contributed by atoms with Crippen LogP contribution in [-0.4, -0.2) is 17.0 Å². The molecule has 0 spiro atoms. The summed E-state index contributed by atoms with van der Waals surface area (Å²) in [5.41, 5.74) is 0. The number of rotatable bonds is 21. The molecule has 0 aromatic rings. The van der Waals surface area contributed by atoms with E-state index in [1.165, 1.54) is 128 Å². The van der Waals surface area contributed by atoms with Crippen molar-refractivity contribution in [3.63, 3.8) is 0 Å². The number of ether oxygens (including phenoxy) is 1. The largest absolute Gasteiger partial charge is 0.364 e. The monoisotopic (exact) mass is 382 g/mol. The van der Waals surface area contributed by atoms with Crippen LogP contribution in [0.4, 0.5) is 0 Å². The van der Waals surface area contributed by atoms with E-state index in [1.807, 2.05) is 0 Å². The highest BCUT2D eigenvalue weighted by atomic mass is 16.7. The summed E-state index contributed by atoms with van der Waals surface area (Å²) in [6, 6.07) is 0. The van der Waals surface area contributed by atoms with E-state index < -0.39 is 5.79 Å². The van der Waals surface area contributed by atoms with Crippen LogP contribution in [0, 0.1) is 0 Å². The zero-order valence-electron chi connectivity index (χ0n) is 18.8. The van der Waals surface area contributed by atoms with Crippen LogP contribution < -0.4 is 0 Å². The third kappa shape index (κ3) is 15.5. The molecule has 1 heterocycles. The van der Waals surface area contributed by atoms with Gasteiger partial charge in [0.25, 0.3) is 0 Å². The fourth-order valence-electron chi connectivity index (χ4n) is 4.17. The van der Waals surface area contributed by atoms with Crippen LogP contribution in [0.25, 0.3) is 0 Å². The second-order valence-electron chi connectivity index (χ2n) is 9.17. The van der Waals surface area contributed by atoms with Crippen LogP contribution in [0.1, 0.15) is 149 Å². The highest BCUT2D eigenvalue weighted by Gasteiger charge is 2.49. The average molecular weight is 383 g/mol. The Hall–Kier alpha value is -0.0800. The number of unbranched alkanes of at least 4 members (excludes halogenated alkanes) is 19. The fraction of sp³-hybridized carbons (Fsp3) is 1.00. The van der Waals surface area contributed by atoms with Gasteiger partial charge in [0.1, 0.15) is 6.10 Å². The summed E-state index contributed by atoms with van der Waals surface area (Å²) in [6.07, 6.45) is 29.6. The summed E-state index contributed by atoms with van der Waals surface area (Å²) in [5, 5.41) is 9.53. The average Bonchev–Trinajstić information content (AvgIpc) is 3.26. The summed E-state index contributed by atoms with van der Waals surface area (Å²) in [7, 11) is 0. The van der Waals surface area contributed by atoms with E-state index in [0.29, 0.717) is 0 Å². The zero-order valence-corrected chi connectivity index (χ0v) is 18.8. The van der Waals surface area contributed by atoms with Crippen LogP contribution >= 0.6 is 0 Å². The Balaban J connectivity index is 1.62. The summed E-state index contributed by atoms with van der Waals surface area (Å²) in [4.78, 5) is 0. The smallest absolute Gasteiger partial charge is 0.190 e. The molecular formula is C25H50O2. The van der Waals surface area contributed by atoms with Gasteiger partial charge in [-0.3, -0.25) is 0 Å². The van der Waals surface area contributed by atoms with Crippen LogP contribution in [0.5, 0.6) is 0 Å². The molecule has 1 N–H and O–H groups in total. The normalized spacial score (nSPS) is 21.7. The molecular weight excluding hydrogens is 332 g/mol. The van der Waals surface area contributed by atoms with Crippen LogP contribution in [0.3, 0.4) is 0 Å². The van der Waals surface area contributed by atoms with E-state index in [1.54, 1.807) is 6.92 Å². The van der Waals surface area contributed by atoms with Crippen molar-refractivity contribution in [3.8, 4) is 0 Å². The quantitative estimate of drug-likeness (QED) is 0.160. The van der Waals surface area contributed by atoms with Crippen molar-refractivity contribution in [1.82, 2.24) is 0 Å². The minimum absolute atomic E-state index is 0.119. The standard InChI is InChI=1S/C25H50O2/c1-3-4-5-6-7-8-9-10-11-12-13-14-15-16-17-18-19-20-21-22-23-24-25(2,26)27-24/h24,26H,3-23H2,1-2H3. The van der Waals surface area contributed by atoms with Crippen LogP contribution in [0.15, 0.2) is 0 Å². The van der Waals surface area contributed by atoms with Crippen molar-refractivity contribution in [2.45, 2.75) is 161 Å². The minimum atomic E-state index is -0.798. The Morgan fingerprint density at radius 1 is 0.556 bits per heavy atom. The first-order valence-corrected chi connectivity index (χ1v) is 12.6. The molecule has 2 nitrogen and oxygen atoms in total. The lowest BCUT2D eigenvalue weighted by atomic mass is 10.0. The number of hydrogen-bond acceptors (Lipinski definition) is 2. The Labute approximate surface area is 170 Å². The van der Waals surface area contributed by atoms with Crippen molar-refractivity contribution < 1.29 is 9.84 Å². The Morgan fingerprint density at radius 3 is 1.07 bits per heavy atom. The SMILES string of the molecule is CCCCCCCCCCCCCCCCCCCCCCC1OC1(C)O. The van der Waals surface area contributed by atoms with E-state index in [4.69, 9.17) is 4.74 Å². The van der Waals surface area contributed by atoms with E-state index in [-0.39, 0.29) is 6.10 Å². The minimum Gasteiger partial charge on any atom is -0.364 e. The maximum Gasteiger partial charge on any atom is 0.190 e. The molecule has 1 rings (SSSR count). The first-order chi connectivity index (χ1) is 13.2. The third-order valence-corrected chi connectivity index (χ3v) is 6.24. The van der Waals surface area contributed by atoms with Gasteiger partial charge in [-0.2, -0.15) is 0 Å². The van der Waals surface area contributed by atoms with E-state index in [0.717, 1.165) is 6.42 Å². The molecule has 1 saturated heterocycles. The van der Waals surface area contributed by atoms with Crippen molar-refractivity contribution in [2.75, 3.05) is 0 Å². The number of aliphatic hydroxyl groups is 1. The second kappa shape index (κ2) is 16.8. The Kier molecular flexibility index (Phi) is 15.6. The molecule has 0 aliphatic carbocycles. The van der Waals surface area contributed by atoms with Gasteiger partial charge in [0, 0.05) is 0 Å². The highest BCUT2D eigenvalue weighted by Crippen LogP contribution is 2.36. The van der Waals surface area contributed by atoms with Gasteiger partial charge in [0.05, 0.1) is 0 Å². The number of epoxide rings is 1. The molecule has 0 amide bonds.